The molecular formula is C23H29FN6O2. The first-order valence-corrected chi connectivity index (χ1v) is 11.6. The van der Waals surface area contributed by atoms with Gasteiger partial charge in [0.2, 0.25) is 0 Å². The Labute approximate surface area is 187 Å². The molecule has 3 fully saturated rings. The fourth-order valence-corrected chi connectivity index (χ4v) is 5.18. The molecule has 0 bridgehead atoms. The quantitative estimate of drug-likeness (QED) is 0.753. The van der Waals surface area contributed by atoms with Crippen molar-refractivity contribution in [2.75, 3.05) is 62.7 Å². The van der Waals surface area contributed by atoms with Gasteiger partial charge in [0.05, 0.1) is 24.5 Å². The van der Waals surface area contributed by atoms with Crippen molar-refractivity contribution in [1.29, 1.82) is 0 Å². The summed E-state index contributed by atoms with van der Waals surface area (Å²) in [5, 5.41) is 6.70. The Hall–Kier alpha value is -2.49. The van der Waals surface area contributed by atoms with Crippen LogP contribution in [0, 0.1) is 5.82 Å². The van der Waals surface area contributed by atoms with Crippen molar-refractivity contribution in [3.8, 4) is 5.75 Å². The van der Waals surface area contributed by atoms with Crippen molar-refractivity contribution in [2.24, 2.45) is 0 Å². The summed E-state index contributed by atoms with van der Waals surface area (Å²) in [6.07, 6.45) is 3.66. The zero-order chi connectivity index (χ0) is 21.5. The number of benzene rings is 1. The molecule has 9 heteroatoms. The van der Waals surface area contributed by atoms with Gasteiger partial charge in [0.25, 0.3) is 0 Å². The SMILES string of the molecule is Fc1cc(C2CCN(C3CNC3)CC2)cc2c1OCc1c(ncnc1N1CCOCC1)N2. The normalized spacial score (nSPS) is 22.2. The summed E-state index contributed by atoms with van der Waals surface area (Å²) in [4.78, 5) is 13.7. The highest BCUT2D eigenvalue weighted by atomic mass is 19.1. The molecule has 4 aliphatic heterocycles. The van der Waals surface area contributed by atoms with E-state index >= 15 is 4.39 Å². The molecule has 4 aliphatic rings. The first kappa shape index (κ1) is 20.1. The molecule has 0 saturated carbocycles. The van der Waals surface area contributed by atoms with Gasteiger partial charge < -0.3 is 25.0 Å². The Kier molecular flexibility index (Phi) is 5.32. The van der Waals surface area contributed by atoms with Gasteiger partial charge in [-0.05, 0) is 49.5 Å². The molecule has 6 rings (SSSR count). The van der Waals surface area contributed by atoms with Crippen molar-refractivity contribution in [2.45, 2.75) is 31.4 Å². The lowest BCUT2D eigenvalue weighted by Gasteiger charge is -2.42. The lowest BCUT2D eigenvalue weighted by atomic mass is 9.88. The van der Waals surface area contributed by atoms with Gasteiger partial charge in [-0.15, -0.1) is 0 Å². The van der Waals surface area contributed by atoms with Crippen molar-refractivity contribution in [3.05, 3.63) is 35.4 Å². The number of hydrogen-bond acceptors (Lipinski definition) is 8. The summed E-state index contributed by atoms with van der Waals surface area (Å²) in [7, 11) is 0. The zero-order valence-corrected chi connectivity index (χ0v) is 18.1. The van der Waals surface area contributed by atoms with Crippen LogP contribution < -0.4 is 20.3 Å². The molecule has 0 amide bonds. The topological polar surface area (TPSA) is 74.8 Å². The highest BCUT2D eigenvalue weighted by Gasteiger charge is 2.31. The Morgan fingerprint density at radius 2 is 1.84 bits per heavy atom. The van der Waals surface area contributed by atoms with Gasteiger partial charge in [-0.25, -0.2) is 14.4 Å². The van der Waals surface area contributed by atoms with Gasteiger partial charge in [-0.2, -0.15) is 0 Å². The van der Waals surface area contributed by atoms with Crippen LogP contribution in [0.4, 0.5) is 21.7 Å². The molecule has 0 radical (unpaired) electrons. The molecule has 1 aromatic heterocycles. The van der Waals surface area contributed by atoms with Crippen molar-refractivity contribution >= 4 is 17.3 Å². The number of likely N-dealkylation sites (tertiary alicyclic amines) is 1. The molecule has 5 heterocycles. The first-order valence-electron chi connectivity index (χ1n) is 11.6. The van der Waals surface area contributed by atoms with E-state index in [0.29, 0.717) is 36.7 Å². The number of hydrogen-bond donors (Lipinski definition) is 2. The predicted molar refractivity (Wildman–Crippen MR) is 119 cm³/mol. The van der Waals surface area contributed by atoms with Crippen LogP contribution in [0.5, 0.6) is 5.75 Å². The maximum absolute atomic E-state index is 15.2. The smallest absolute Gasteiger partial charge is 0.178 e. The number of nitrogens with one attached hydrogen (secondary N) is 2. The maximum Gasteiger partial charge on any atom is 0.178 e. The third-order valence-electron chi connectivity index (χ3n) is 7.19. The molecule has 0 spiro atoms. The molecule has 2 aromatic rings. The number of fused-ring (bicyclic) bond motifs is 2. The van der Waals surface area contributed by atoms with E-state index in [0.717, 1.165) is 69.1 Å². The van der Waals surface area contributed by atoms with Crippen LogP contribution in [0.25, 0.3) is 0 Å². The third kappa shape index (κ3) is 3.68. The summed E-state index contributed by atoms with van der Waals surface area (Å²) < 4.78 is 26.6. The molecule has 32 heavy (non-hydrogen) atoms. The Balaban J connectivity index is 1.25. The second-order valence-corrected chi connectivity index (χ2v) is 9.04. The summed E-state index contributed by atoms with van der Waals surface area (Å²) in [6.45, 7) is 7.42. The number of nitrogens with zero attached hydrogens (tertiary/aromatic N) is 4. The van der Waals surface area contributed by atoms with Gasteiger partial charge in [-0.3, -0.25) is 4.90 Å². The minimum absolute atomic E-state index is 0.229. The minimum Gasteiger partial charge on any atom is -0.483 e. The van der Waals surface area contributed by atoms with Crippen LogP contribution in [-0.2, 0) is 11.3 Å². The minimum atomic E-state index is -0.315. The van der Waals surface area contributed by atoms with Gasteiger partial charge >= 0.3 is 0 Å². The van der Waals surface area contributed by atoms with E-state index in [9.17, 15) is 0 Å². The van der Waals surface area contributed by atoms with Crippen LogP contribution in [0.15, 0.2) is 18.5 Å². The molecule has 2 N–H and O–H groups in total. The van der Waals surface area contributed by atoms with Crippen LogP contribution in [-0.4, -0.2) is 73.4 Å². The number of morpholine rings is 1. The second-order valence-electron chi connectivity index (χ2n) is 9.04. The van der Waals surface area contributed by atoms with Gasteiger partial charge in [0, 0.05) is 32.2 Å². The Morgan fingerprint density at radius 1 is 1.03 bits per heavy atom. The van der Waals surface area contributed by atoms with Gasteiger partial charge in [0.1, 0.15) is 24.6 Å². The van der Waals surface area contributed by atoms with E-state index in [1.807, 2.05) is 0 Å². The average molecular weight is 441 g/mol. The predicted octanol–water partition coefficient (Wildman–Crippen LogP) is 2.24. The van der Waals surface area contributed by atoms with Crippen LogP contribution >= 0.6 is 0 Å². The number of halogens is 1. The van der Waals surface area contributed by atoms with Crippen LogP contribution in [0.1, 0.15) is 29.9 Å². The number of piperidine rings is 1. The van der Waals surface area contributed by atoms with Crippen molar-refractivity contribution in [1.82, 2.24) is 20.2 Å². The molecule has 0 atom stereocenters. The third-order valence-corrected chi connectivity index (χ3v) is 7.19. The molecule has 0 aliphatic carbocycles. The van der Waals surface area contributed by atoms with Crippen molar-refractivity contribution in [3.63, 3.8) is 0 Å². The zero-order valence-electron chi connectivity index (χ0n) is 18.1. The molecule has 1 aromatic carbocycles. The molecular weight excluding hydrogens is 411 g/mol. The number of ether oxygens (including phenoxy) is 2. The summed E-state index contributed by atoms with van der Waals surface area (Å²) in [6, 6.07) is 4.39. The number of anilines is 3. The average Bonchev–Trinajstić information content (AvgIpc) is 2.98. The second kappa shape index (κ2) is 8.46. The fraction of sp³-hybridized carbons (Fsp3) is 0.565. The lowest BCUT2D eigenvalue weighted by Crippen LogP contribution is -2.58. The van der Waals surface area contributed by atoms with E-state index in [-0.39, 0.29) is 18.2 Å². The van der Waals surface area contributed by atoms with Crippen LogP contribution in [0.3, 0.4) is 0 Å². The molecule has 8 nitrogen and oxygen atoms in total. The lowest BCUT2D eigenvalue weighted by molar-refractivity contribution is 0.113. The largest absolute Gasteiger partial charge is 0.483 e. The molecule has 3 saturated heterocycles. The van der Waals surface area contributed by atoms with E-state index in [4.69, 9.17) is 9.47 Å². The van der Waals surface area contributed by atoms with E-state index in [2.05, 4.69) is 36.5 Å². The van der Waals surface area contributed by atoms with Gasteiger partial charge in [-0.1, -0.05) is 0 Å². The highest BCUT2D eigenvalue weighted by molar-refractivity contribution is 5.72. The first-order chi connectivity index (χ1) is 15.8. The maximum atomic E-state index is 15.2. The number of aromatic nitrogens is 2. The summed E-state index contributed by atoms with van der Waals surface area (Å²) in [5.41, 5.74) is 2.54. The summed E-state index contributed by atoms with van der Waals surface area (Å²) in [5.74, 6) is 1.82. The van der Waals surface area contributed by atoms with E-state index in [1.54, 1.807) is 12.4 Å². The Bertz CT molecular complexity index is 987. The monoisotopic (exact) mass is 440 g/mol. The highest BCUT2D eigenvalue weighted by Crippen LogP contribution is 2.41. The standard InChI is InChI=1S/C23H29FN6O2/c24-19-9-16(15-1-3-29(4-2-15)17-11-25-12-17)10-20-21(19)32-13-18-22(28-20)26-14-27-23(18)30-5-7-31-8-6-30/h9-10,14-15,17,25H,1-8,11-13H2,(H,26,27,28). The Morgan fingerprint density at radius 3 is 2.59 bits per heavy atom. The molecule has 0 unspecified atom stereocenters. The number of rotatable bonds is 3. The van der Waals surface area contributed by atoms with E-state index in [1.165, 1.54) is 0 Å². The van der Waals surface area contributed by atoms with Gasteiger partial charge in [0.15, 0.2) is 11.6 Å². The van der Waals surface area contributed by atoms with Crippen LogP contribution in [0.2, 0.25) is 0 Å². The van der Waals surface area contributed by atoms with E-state index < -0.39 is 0 Å². The fourth-order valence-electron chi connectivity index (χ4n) is 5.18. The summed E-state index contributed by atoms with van der Waals surface area (Å²) >= 11 is 0. The van der Waals surface area contributed by atoms with Crippen molar-refractivity contribution < 1.29 is 13.9 Å². The molecule has 170 valence electrons.